The van der Waals surface area contributed by atoms with Crippen LogP contribution in [0.5, 0.6) is 0 Å². The Morgan fingerprint density at radius 3 is 2.78 bits per heavy atom. The summed E-state index contributed by atoms with van der Waals surface area (Å²) in [7, 11) is 0. The second kappa shape index (κ2) is 2.83. The van der Waals surface area contributed by atoms with Crippen molar-refractivity contribution in [2.45, 2.75) is 0 Å². The first kappa shape index (κ1) is 7.27. The fraction of sp³-hybridized carbons (Fsp3) is 0. The van der Waals surface area contributed by atoms with Crippen LogP contribution in [-0.4, -0.2) is 4.98 Å². The number of nitrogens with two attached hydrogens (primary N) is 1. The molecule has 1 aromatic rings. The van der Waals surface area contributed by atoms with Crippen molar-refractivity contribution in [3.8, 4) is 0 Å². The summed E-state index contributed by atoms with van der Waals surface area (Å²) in [5.41, 5.74) is 5.46. The lowest BCUT2D eigenvalue weighted by molar-refractivity contribution is 1.30. The molecule has 0 radical (unpaired) electrons. The molecule has 0 amide bonds. The average molecular weight is 299 g/mol. The topological polar surface area (TPSA) is 38.9 Å². The van der Waals surface area contributed by atoms with Crippen molar-refractivity contribution in [1.82, 2.24) is 4.98 Å². The van der Waals surface area contributed by atoms with Gasteiger partial charge in [-0.3, -0.25) is 0 Å². The third-order valence-corrected chi connectivity index (χ3v) is 3.34. The molecule has 0 aromatic carbocycles. The Morgan fingerprint density at radius 1 is 1.67 bits per heavy atom. The molecule has 0 aliphatic rings. The molecule has 4 heteroatoms. The van der Waals surface area contributed by atoms with Crippen LogP contribution in [0.1, 0.15) is 0 Å². The van der Waals surface area contributed by atoms with Gasteiger partial charge >= 0.3 is 0 Å². The number of aromatic nitrogens is 1. The summed E-state index contributed by atoms with van der Waals surface area (Å²) in [5, 5.41) is 0. The van der Waals surface area contributed by atoms with E-state index in [1.54, 1.807) is 6.20 Å². The molecule has 1 heterocycles. The Balaban J connectivity index is 3.25. The minimum Gasteiger partial charge on any atom is -0.383 e. The fourth-order valence-corrected chi connectivity index (χ4v) is 1.11. The van der Waals surface area contributed by atoms with Gasteiger partial charge in [0, 0.05) is 9.77 Å². The molecule has 0 saturated carbocycles. The smallest absolute Gasteiger partial charge is 0.138 e. The van der Waals surface area contributed by atoms with Crippen molar-refractivity contribution in [1.29, 1.82) is 0 Å². The van der Waals surface area contributed by atoms with Gasteiger partial charge in [0.25, 0.3) is 0 Å². The molecule has 9 heavy (non-hydrogen) atoms. The van der Waals surface area contributed by atoms with Crippen molar-refractivity contribution < 1.29 is 0 Å². The zero-order chi connectivity index (χ0) is 6.85. The van der Waals surface area contributed by atoms with Gasteiger partial charge in [-0.05, 0) is 44.6 Å². The van der Waals surface area contributed by atoms with Crippen molar-refractivity contribution in [2.24, 2.45) is 0 Å². The highest BCUT2D eigenvalue weighted by molar-refractivity contribution is 14.1. The second-order valence-electron chi connectivity index (χ2n) is 1.49. The Bertz CT molecular complexity index is 206. The third-order valence-electron chi connectivity index (χ3n) is 0.869. The van der Waals surface area contributed by atoms with Crippen LogP contribution in [0.3, 0.4) is 0 Å². The molecular formula is C5H4BrIN2. The summed E-state index contributed by atoms with van der Waals surface area (Å²) in [6.07, 6.45) is 1.68. The molecule has 0 fully saturated rings. The van der Waals surface area contributed by atoms with Crippen molar-refractivity contribution in [2.75, 3.05) is 5.73 Å². The first-order chi connectivity index (χ1) is 4.22. The standard InChI is InChI=1S/C5H4BrIN2/c6-4-3(7)1-2-9-5(4)8/h1-2H,(H2,8,9). The van der Waals surface area contributed by atoms with E-state index < -0.39 is 0 Å². The fourth-order valence-electron chi connectivity index (χ4n) is 0.435. The molecule has 1 rings (SSSR count). The first-order valence-corrected chi connectivity index (χ1v) is 4.14. The SMILES string of the molecule is Nc1nccc(I)c1Br. The van der Waals surface area contributed by atoms with Crippen LogP contribution in [-0.2, 0) is 0 Å². The maximum absolute atomic E-state index is 5.46. The molecular weight excluding hydrogens is 295 g/mol. The second-order valence-corrected chi connectivity index (χ2v) is 3.45. The van der Waals surface area contributed by atoms with E-state index in [2.05, 4.69) is 43.5 Å². The minimum absolute atomic E-state index is 0.543. The Morgan fingerprint density at radius 2 is 2.33 bits per heavy atom. The predicted octanol–water partition coefficient (Wildman–Crippen LogP) is 2.03. The number of nitrogen functional groups attached to an aromatic ring is 1. The van der Waals surface area contributed by atoms with Crippen LogP contribution in [0.15, 0.2) is 16.7 Å². The van der Waals surface area contributed by atoms with E-state index >= 15 is 0 Å². The molecule has 0 saturated heterocycles. The van der Waals surface area contributed by atoms with Crippen LogP contribution < -0.4 is 5.73 Å². The van der Waals surface area contributed by atoms with Gasteiger partial charge in [-0.1, -0.05) is 0 Å². The van der Waals surface area contributed by atoms with E-state index in [9.17, 15) is 0 Å². The number of rotatable bonds is 0. The van der Waals surface area contributed by atoms with E-state index in [0.717, 1.165) is 8.04 Å². The van der Waals surface area contributed by atoms with Gasteiger partial charge in [-0.25, -0.2) is 4.98 Å². The average Bonchev–Trinajstić information content (AvgIpc) is 1.83. The number of hydrogen-bond acceptors (Lipinski definition) is 2. The lowest BCUT2D eigenvalue weighted by atomic mass is 10.5. The zero-order valence-electron chi connectivity index (χ0n) is 4.44. The lowest BCUT2D eigenvalue weighted by Crippen LogP contribution is -1.91. The molecule has 1 aromatic heterocycles. The van der Waals surface area contributed by atoms with E-state index in [-0.39, 0.29) is 0 Å². The van der Waals surface area contributed by atoms with E-state index in [1.165, 1.54) is 0 Å². The number of pyridine rings is 1. The Kier molecular flexibility index (Phi) is 2.29. The van der Waals surface area contributed by atoms with Gasteiger partial charge in [0.1, 0.15) is 5.82 Å². The number of halogens is 2. The molecule has 0 spiro atoms. The van der Waals surface area contributed by atoms with Gasteiger partial charge in [0.15, 0.2) is 0 Å². The minimum atomic E-state index is 0.543. The molecule has 0 unspecified atom stereocenters. The molecule has 2 nitrogen and oxygen atoms in total. The van der Waals surface area contributed by atoms with Gasteiger partial charge in [0.05, 0.1) is 4.47 Å². The quantitative estimate of drug-likeness (QED) is 0.745. The number of hydrogen-bond donors (Lipinski definition) is 1. The zero-order valence-corrected chi connectivity index (χ0v) is 8.18. The van der Waals surface area contributed by atoms with Gasteiger partial charge in [0.2, 0.25) is 0 Å². The Hall–Kier alpha value is 0.160. The summed E-state index contributed by atoms with van der Waals surface area (Å²) >= 11 is 5.47. The highest BCUT2D eigenvalue weighted by atomic mass is 127. The summed E-state index contributed by atoms with van der Waals surface area (Å²) in [6.45, 7) is 0. The summed E-state index contributed by atoms with van der Waals surface area (Å²) in [6, 6.07) is 1.89. The number of anilines is 1. The van der Waals surface area contributed by atoms with E-state index in [0.29, 0.717) is 5.82 Å². The third kappa shape index (κ3) is 1.54. The van der Waals surface area contributed by atoms with Crippen LogP contribution in [0.2, 0.25) is 0 Å². The van der Waals surface area contributed by atoms with Crippen molar-refractivity contribution >= 4 is 44.3 Å². The van der Waals surface area contributed by atoms with Gasteiger partial charge < -0.3 is 5.73 Å². The molecule has 0 aliphatic carbocycles. The predicted molar refractivity (Wildman–Crippen MR) is 49.1 cm³/mol. The van der Waals surface area contributed by atoms with E-state index in [1.807, 2.05) is 6.07 Å². The molecule has 0 atom stereocenters. The maximum Gasteiger partial charge on any atom is 0.138 e. The summed E-state index contributed by atoms with van der Waals surface area (Å²) in [5.74, 6) is 0.543. The first-order valence-electron chi connectivity index (χ1n) is 2.27. The lowest BCUT2D eigenvalue weighted by Gasteiger charge is -1.96. The van der Waals surface area contributed by atoms with Crippen LogP contribution in [0.25, 0.3) is 0 Å². The summed E-state index contributed by atoms with van der Waals surface area (Å²) < 4.78 is 1.96. The van der Waals surface area contributed by atoms with Crippen LogP contribution in [0, 0.1) is 3.57 Å². The number of nitrogens with zero attached hydrogens (tertiary/aromatic N) is 1. The Labute approximate surface area is 75.1 Å². The molecule has 2 N–H and O–H groups in total. The normalized spacial score (nSPS) is 9.56. The molecule has 0 bridgehead atoms. The van der Waals surface area contributed by atoms with Crippen molar-refractivity contribution in [3.05, 3.63) is 20.3 Å². The van der Waals surface area contributed by atoms with Crippen LogP contribution >= 0.6 is 38.5 Å². The van der Waals surface area contributed by atoms with Gasteiger partial charge in [-0.15, -0.1) is 0 Å². The van der Waals surface area contributed by atoms with Crippen molar-refractivity contribution in [3.63, 3.8) is 0 Å². The largest absolute Gasteiger partial charge is 0.383 e. The van der Waals surface area contributed by atoms with Gasteiger partial charge in [-0.2, -0.15) is 0 Å². The monoisotopic (exact) mass is 298 g/mol. The van der Waals surface area contributed by atoms with Crippen LogP contribution in [0.4, 0.5) is 5.82 Å². The molecule has 0 aliphatic heterocycles. The summed E-state index contributed by atoms with van der Waals surface area (Å²) in [4.78, 5) is 3.87. The highest BCUT2D eigenvalue weighted by Crippen LogP contribution is 2.22. The molecule has 48 valence electrons. The highest BCUT2D eigenvalue weighted by Gasteiger charge is 1.97. The van der Waals surface area contributed by atoms with E-state index in [4.69, 9.17) is 5.73 Å². The maximum atomic E-state index is 5.46.